The first-order valence-corrected chi connectivity index (χ1v) is 11.3. The summed E-state index contributed by atoms with van der Waals surface area (Å²) in [5.41, 5.74) is 0.105. The number of carbonyl (C=O) groups is 1. The molecule has 1 saturated heterocycles. The normalized spacial score (nSPS) is 35.8. The summed E-state index contributed by atoms with van der Waals surface area (Å²) in [6, 6.07) is 5.35. The summed E-state index contributed by atoms with van der Waals surface area (Å²) in [4.78, 5) is 19.6. The molecule has 2 aromatic rings. The molecule has 1 N–H and O–H groups in total. The molecule has 0 saturated carbocycles. The smallest absolute Gasteiger partial charge is 0.226 e. The van der Waals surface area contributed by atoms with Gasteiger partial charge in [0.25, 0.3) is 0 Å². The number of nitrogens with zero attached hydrogens (tertiary/aromatic N) is 2. The lowest BCUT2D eigenvalue weighted by Gasteiger charge is -2.32. The summed E-state index contributed by atoms with van der Waals surface area (Å²) < 4.78 is 97.6. The molecule has 1 amide bonds. The highest BCUT2D eigenvalue weighted by Crippen LogP contribution is 2.47. The number of pyridine rings is 1. The Kier molecular flexibility index (Phi) is 5.31. The van der Waals surface area contributed by atoms with Crippen molar-refractivity contribution in [2.24, 2.45) is 11.8 Å². The highest BCUT2D eigenvalue weighted by atomic mass is 19.2. The first-order chi connectivity index (χ1) is 19.4. The molecule has 4 atom stereocenters. The fourth-order valence-electron chi connectivity index (χ4n) is 4.03. The third kappa shape index (κ3) is 5.61. The third-order valence-corrected chi connectivity index (χ3v) is 5.49. The standard InChI is InChI=1S/C28H33F2N3O2/c1-17(2)27-26(28(34)32-15-19-8-11-23(29)24(30)13-19)22-10-9-21(35-18(3)4)14-25(22)33(27)16-20-7-5-6-12-31-20/h5-8,11-14,18,21-22,26-27H,1,9-10,15-16H2,2-4H3,(H,32,34)/i9D2,10D2,22D,26D,27D. The maximum atomic E-state index is 14.1. The van der Waals surface area contributed by atoms with Gasteiger partial charge in [0.15, 0.2) is 11.6 Å². The van der Waals surface area contributed by atoms with Gasteiger partial charge in [-0.05, 0) is 69.4 Å². The molecule has 35 heavy (non-hydrogen) atoms. The van der Waals surface area contributed by atoms with Gasteiger partial charge < -0.3 is 15.0 Å². The molecular formula is C28H33F2N3O2. The van der Waals surface area contributed by atoms with E-state index in [2.05, 4.69) is 16.9 Å². The number of likely N-dealkylation sites (tertiary alicyclic amines) is 1. The molecule has 0 radical (unpaired) electrons. The van der Waals surface area contributed by atoms with Crippen LogP contribution in [0.4, 0.5) is 8.78 Å². The van der Waals surface area contributed by atoms with Gasteiger partial charge in [0.05, 0.1) is 37.7 Å². The number of carbonyl (C=O) groups excluding carboxylic acids is 1. The van der Waals surface area contributed by atoms with Gasteiger partial charge in [0.1, 0.15) is 0 Å². The summed E-state index contributed by atoms with van der Waals surface area (Å²) >= 11 is 0. The Morgan fingerprint density at radius 1 is 1.31 bits per heavy atom. The Morgan fingerprint density at radius 2 is 2.11 bits per heavy atom. The SMILES string of the molecule is [2H]C1([2H])C(OC(C)C)C=C2N(Cc3ccccn3)C([2H])(C(=C)C)C([2H])(C(=O)NCc3ccc(F)c(F)c3)C2([2H])C1([2H])[2H]. The molecule has 1 aromatic heterocycles. The molecule has 0 bridgehead atoms. The van der Waals surface area contributed by atoms with Crippen LogP contribution in [0.25, 0.3) is 0 Å². The molecule has 0 spiro atoms. The average Bonchev–Trinajstić information content (AvgIpc) is 3.06. The van der Waals surface area contributed by atoms with E-state index in [1.54, 1.807) is 32.0 Å². The molecule has 1 aliphatic carbocycles. The van der Waals surface area contributed by atoms with Crippen LogP contribution in [0.15, 0.2) is 66.5 Å². The van der Waals surface area contributed by atoms with Crippen molar-refractivity contribution in [1.29, 1.82) is 0 Å². The summed E-state index contributed by atoms with van der Waals surface area (Å²) in [5, 5.41) is 2.40. The van der Waals surface area contributed by atoms with E-state index < -0.39 is 66.8 Å². The fourth-order valence-corrected chi connectivity index (χ4v) is 4.03. The zero-order chi connectivity index (χ0) is 31.5. The lowest BCUT2D eigenvalue weighted by atomic mass is 9.80. The number of hydrogen-bond acceptors (Lipinski definition) is 4. The largest absolute Gasteiger partial charge is 0.371 e. The molecule has 1 aliphatic heterocycles. The van der Waals surface area contributed by atoms with E-state index in [0.717, 1.165) is 12.1 Å². The van der Waals surface area contributed by atoms with Crippen LogP contribution in [-0.2, 0) is 22.6 Å². The van der Waals surface area contributed by atoms with E-state index in [9.17, 15) is 17.7 Å². The number of benzene rings is 1. The van der Waals surface area contributed by atoms with Gasteiger partial charge in [-0.3, -0.25) is 9.78 Å². The van der Waals surface area contributed by atoms with Crippen molar-refractivity contribution in [2.75, 3.05) is 0 Å². The zero-order valence-electron chi connectivity index (χ0n) is 26.9. The highest BCUT2D eigenvalue weighted by Gasteiger charge is 2.50. The molecule has 7 heteroatoms. The van der Waals surface area contributed by atoms with Crippen LogP contribution in [0.5, 0.6) is 0 Å². The van der Waals surface area contributed by atoms with Crippen LogP contribution in [0.1, 0.15) is 54.4 Å². The Labute approximate surface area is 215 Å². The lowest BCUT2D eigenvalue weighted by Crippen LogP contribution is -2.41. The maximum absolute atomic E-state index is 14.1. The molecule has 2 heterocycles. The fraction of sp³-hybridized carbons (Fsp3) is 0.429. The van der Waals surface area contributed by atoms with E-state index in [4.69, 9.17) is 10.2 Å². The van der Waals surface area contributed by atoms with E-state index in [1.807, 2.05) is 0 Å². The second kappa shape index (κ2) is 10.7. The second-order valence-corrected chi connectivity index (χ2v) is 8.64. The van der Waals surface area contributed by atoms with Gasteiger partial charge in [-0.15, -0.1) is 0 Å². The Morgan fingerprint density at radius 3 is 2.77 bits per heavy atom. The minimum absolute atomic E-state index is 0.0870. The summed E-state index contributed by atoms with van der Waals surface area (Å²) in [7, 11) is 0. The lowest BCUT2D eigenvalue weighted by molar-refractivity contribution is -0.126. The van der Waals surface area contributed by atoms with Crippen molar-refractivity contribution in [2.45, 2.75) is 64.8 Å². The van der Waals surface area contributed by atoms with Crippen molar-refractivity contribution in [3.8, 4) is 0 Å². The molecule has 1 aromatic carbocycles. The second-order valence-electron chi connectivity index (χ2n) is 8.64. The van der Waals surface area contributed by atoms with Crippen LogP contribution < -0.4 is 5.32 Å². The Bertz CT molecular complexity index is 1430. The van der Waals surface area contributed by atoms with E-state index in [0.29, 0.717) is 5.69 Å². The van der Waals surface area contributed by atoms with Crippen molar-refractivity contribution >= 4 is 5.91 Å². The van der Waals surface area contributed by atoms with Crippen LogP contribution in [-0.4, -0.2) is 34.0 Å². The molecule has 186 valence electrons. The predicted octanol–water partition coefficient (Wildman–Crippen LogP) is 5.14. The first kappa shape index (κ1) is 17.4. The number of halogens is 2. The molecule has 2 aliphatic rings. The van der Waals surface area contributed by atoms with E-state index in [-0.39, 0.29) is 23.4 Å². The number of hydrogen-bond donors (Lipinski definition) is 1. The molecule has 4 unspecified atom stereocenters. The van der Waals surface area contributed by atoms with Gasteiger partial charge in [-0.25, -0.2) is 8.78 Å². The number of fused-ring (bicyclic) bond motifs is 1. The minimum Gasteiger partial charge on any atom is -0.371 e. The minimum atomic E-state index is -3.27. The van der Waals surface area contributed by atoms with Crippen LogP contribution >= 0.6 is 0 Å². The number of nitrogens with one attached hydrogen (secondary N) is 1. The van der Waals surface area contributed by atoms with Crippen molar-refractivity contribution in [3.05, 3.63) is 89.4 Å². The molecule has 1 fully saturated rings. The molecular weight excluding hydrogens is 448 g/mol. The first-order valence-electron chi connectivity index (χ1n) is 14.8. The average molecular weight is 489 g/mol. The number of amides is 1. The van der Waals surface area contributed by atoms with Gasteiger partial charge >= 0.3 is 0 Å². The zero-order valence-corrected chi connectivity index (χ0v) is 19.9. The van der Waals surface area contributed by atoms with Crippen LogP contribution in [0.2, 0.25) is 0 Å². The summed E-state index contributed by atoms with van der Waals surface area (Å²) in [6.07, 6.45) is -5.61. The summed E-state index contributed by atoms with van der Waals surface area (Å²) in [6.45, 7) is 7.82. The van der Waals surface area contributed by atoms with E-state index >= 15 is 0 Å². The van der Waals surface area contributed by atoms with Gasteiger partial charge in [-0.2, -0.15) is 0 Å². The summed E-state index contributed by atoms with van der Waals surface area (Å²) in [5.74, 6) is -9.67. The highest BCUT2D eigenvalue weighted by molar-refractivity contribution is 5.81. The van der Waals surface area contributed by atoms with Gasteiger partial charge in [0.2, 0.25) is 5.91 Å². The van der Waals surface area contributed by atoms with Crippen LogP contribution in [0.3, 0.4) is 0 Å². The number of aromatic nitrogens is 1. The van der Waals surface area contributed by atoms with E-state index in [1.165, 1.54) is 30.2 Å². The monoisotopic (exact) mass is 488 g/mol. The Hall–Kier alpha value is -3.06. The van der Waals surface area contributed by atoms with Crippen molar-refractivity contribution in [1.82, 2.24) is 15.2 Å². The van der Waals surface area contributed by atoms with Gasteiger partial charge in [-0.1, -0.05) is 24.3 Å². The number of ether oxygens (including phenoxy) is 1. The van der Waals surface area contributed by atoms with Crippen molar-refractivity contribution < 1.29 is 27.9 Å². The van der Waals surface area contributed by atoms with Gasteiger partial charge in [0, 0.05) is 32.6 Å². The third-order valence-electron chi connectivity index (χ3n) is 5.49. The Balaban J connectivity index is 1.96. The maximum Gasteiger partial charge on any atom is 0.226 e. The van der Waals surface area contributed by atoms with Crippen molar-refractivity contribution in [3.63, 3.8) is 0 Å². The molecule has 4 rings (SSSR count). The molecule has 5 nitrogen and oxygen atoms in total. The van der Waals surface area contributed by atoms with Crippen LogP contribution in [0, 0.1) is 23.4 Å². The number of rotatable bonds is 8. The topological polar surface area (TPSA) is 54.5 Å². The quantitative estimate of drug-likeness (QED) is 0.523. The predicted molar refractivity (Wildman–Crippen MR) is 131 cm³/mol. The number of allylic oxidation sites excluding steroid dienone is 1.